The lowest BCUT2D eigenvalue weighted by atomic mass is 10.1. The van der Waals surface area contributed by atoms with Crippen LogP contribution in [0.4, 0.5) is 24.5 Å². The third-order valence-electron chi connectivity index (χ3n) is 6.80. The van der Waals surface area contributed by atoms with Crippen molar-refractivity contribution < 1.29 is 32.7 Å². The van der Waals surface area contributed by atoms with E-state index < -0.39 is 23.6 Å². The summed E-state index contributed by atoms with van der Waals surface area (Å²) in [5.74, 6) is -0.697. The fourth-order valence-electron chi connectivity index (χ4n) is 4.58. The number of alkyl halides is 3. The molecule has 2 N–H and O–H groups in total. The number of hydrogen-bond acceptors (Lipinski definition) is 6. The van der Waals surface area contributed by atoms with Gasteiger partial charge < -0.3 is 10.0 Å². The number of benzene rings is 3. The van der Waals surface area contributed by atoms with Crippen LogP contribution in [0.3, 0.4) is 0 Å². The van der Waals surface area contributed by atoms with Crippen LogP contribution in [0.2, 0.25) is 0 Å². The molecule has 4 rings (SSSR count). The van der Waals surface area contributed by atoms with Crippen LogP contribution in [0.25, 0.3) is 0 Å². The molecule has 0 aromatic heterocycles. The lowest BCUT2D eigenvalue weighted by Crippen LogP contribution is -2.33. The minimum atomic E-state index is -4.57. The molecule has 0 saturated heterocycles. The number of rotatable bonds is 14. The normalized spacial score (nSPS) is 13.7. The quantitative estimate of drug-likeness (QED) is 0.0893. The number of hydrogen-bond donors (Lipinski definition) is 2. The largest absolute Gasteiger partial charge is 0.478 e. The number of anilines is 2. The van der Waals surface area contributed by atoms with E-state index in [2.05, 4.69) is 17.5 Å². The van der Waals surface area contributed by atoms with Crippen molar-refractivity contribution in [3.63, 3.8) is 0 Å². The lowest BCUT2D eigenvalue weighted by molar-refractivity contribution is -0.137. The molecule has 0 bridgehead atoms. The topological polar surface area (TPSA) is 102 Å². The van der Waals surface area contributed by atoms with Crippen molar-refractivity contribution in [2.75, 3.05) is 22.6 Å². The van der Waals surface area contributed by atoms with Crippen molar-refractivity contribution in [2.24, 2.45) is 5.10 Å². The zero-order valence-electron chi connectivity index (χ0n) is 23.4. The van der Waals surface area contributed by atoms with Crippen LogP contribution in [0.1, 0.15) is 59.7 Å². The molecule has 1 aliphatic heterocycles. The summed E-state index contributed by atoms with van der Waals surface area (Å²) < 4.78 is 39.5. The van der Waals surface area contributed by atoms with Gasteiger partial charge in [-0.25, -0.2) is 4.79 Å². The van der Waals surface area contributed by atoms with Gasteiger partial charge in [0, 0.05) is 22.8 Å². The van der Waals surface area contributed by atoms with E-state index in [0.29, 0.717) is 41.5 Å². The van der Waals surface area contributed by atoms with Gasteiger partial charge in [-0.15, -0.1) is 22.0 Å². The fourth-order valence-corrected chi connectivity index (χ4v) is 5.52. The summed E-state index contributed by atoms with van der Waals surface area (Å²) in [6, 6.07) is 16.6. The zero-order valence-corrected chi connectivity index (χ0v) is 24.3. The molecular formula is C31H31F3N4O4S. The van der Waals surface area contributed by atoms with E-state index in [-0.39, 0.29) is 17.0 Å². The second-order valence-corrected chi connectivity index (χ2v) is 11.1. The lowest BCUT2D eigenvalue weighted by Gasteiger charge is -2.17. The number of thioether (sulfide) groups is 1. The average molecular weight is 613 g/mol. The number of nitrogens with zero attached hydrogens (tertiary/aromatic N) is 3. The van der Waals surface area contributed by atoms with E-state index in [0.717, 1.165) is 48.3 Å². The molecule has 0 fully saturated rings. The minimum Gasteiger partial charge on any atom is -0.478 e. The maximum atomic E-state index is 13.5. The smallest absolute Gasteiger partial charge is 0.416 e. The predicted octanol–water partition coefficient (Wildman–Crippen LogP) is 6.85. The summed E-state index contributed by atoms with van der Waals surface area (Å²) >= 11 is 1.55. The summed E-state index contributed by atoms with van der Waals surface area (Å²) in [4.78, 5) is 39.0. The van der Waals surface area contributed by atoms with Gasteiger partial charge in [0.2, 0.25) is 6.41 Å². The SMILES string of the molecule is CCCCCCN1C(=O)C(=NN(C=O)Nc2cccc(C(F)(F)F)c2)c2cc(SCCc3ccc(C(=O)O)cc3)ccc21. The Labute approximate surface area is 251 Å². The number of carboxylic acids is 1. The Bertz CT molecular complexity index is 1500. The van der Waals surface area contributed by atoms with Crippen LogP contribution in [0, 0.1) is 0 Å². The van der Waals surface area contributed by atoms with Crippen LogP contribution < -0.4 is 10.3 Å². The van der Waals surface area contributed by atoms with E-state index >= 15 is 0 Å². The molecule has 43 heavy (non-hydrogen) atoms. The number of carbonyl (C=O) groups is 3. The van der Waals surface area contributed by atoms with Gasteiger partial charge in [-0.1, -0.05) is 44.4 Å². The molecule has 0 unspecified atom stereocenters. The Kier molecular flexibility index (Phi) is 10.5. The van der Waals surface area contributed by atoms with Crippen molar-refractivity contribution in [3.05, 3.63) is 89.0 Å². The summed E-state index contributed by atoms with van der Waals surface area (Å²) in [7, 11) is 0. The molecule has 3 aromatic carbocycles. The molecular weight excluding hydrogens is 581 g/mol. The van der Waals surface area contributed by atoms with Crippen LogP contribution in [0.5, 0.6) is 0 Å². The van der Waals surface area contributed by atoms with E-state index in [4.69, 9.17) is 5.11 Å². The monoisotopic (exact) mass is 612 g/mol. The number of hydrazine groups is 1. The third kappa shape index (κ3) is 8.16. The highest BCUT2D eigenvalue weighted by Crippen LogP contribution is 2.34. The van der Waals surface area contributed by atoms with Gasteiger partial charge in [0.25, 0.3) is 5.91 Å². The van der Waals surface area contributed by atoms with Crippen LogP contribution in [-0.4, -0.2) is 46.5 Å². The number of carbonyl (C=O) groups excluding carboxylic acids is 2. The number of halogens is 3. The van der Waals surface area contributed by atoms with Crippen LogP contribution >= 0.6 is 11.8 Å². The van der Waals surface area contributed by atoms with Gasteiger partial charge in [0.1, 0.15) is 0 Å². The van der Waals surface area contributed by atoms with Gasteiger partial charge in [-0.2, -0.15) is 13.2 Å². The minimum absolute atomic E-state index is 0.00350. The Hall–Kier alpha value is -4.32. The van der Waals surface area contributed by atoms with Crippen molar-refractivity contribution in [1.82, 2.24) is 5.12 Å². The molecule has 226 valence electrons. The van der Waals surface area contributed by atoms with Crippen molar-refractivity contribution in [3.8, 4) is 0 Å². The molecule has 8 nitrogen and oxygen atoms in total. The Morgan fingerprint density at radius 2 is 1.84 bits per heavy atom. The first-order valence-electron chi connectivity index (χ1n) is 13.8. The molecule has 2 amide bonds. The van der Waals surface area contributed by atoms with Crippen molar-refractivity contribution >= 4 is 47.1 Å². The molecule has 0 saturated carbocycles. The first-order chi connectivity index (χ1) is 20.6. The van der Waals surface area contributed by atoms with E-state index in [1.165, 1.54) is 12.1 Å². The summed E-state index contributed by atoms with van der Waals surface area (Å²) in [6.07, 6.45) is 0.208. The summed E-state index contributed by atoms with van der Waals surface area (Å²) in [6.45, 7) is 2.56. The summed E-state index contributed by atoms with van der Waals surface area (Å²) in [5, 5.41) is 14.0. The maximum absolute atomic E-state index is 13.5. The molecule has 1 aliphatic rings. The van der Waals surface area contributed by atoms with Gasteiger partial charge in [-0.3, -0.25) is 15.0 Å². The van der Waals surface area contributed by atoms with Crippen LogP contribution in [-0.2, 0) is 22.2 Å². The molecule has 0 aliphatic carbocycles. The number of carboxylic acid groups (broad SMARTS) is 1. The van der Waals surface area contributed by atoms with Gasteiger partial charge in [-0.05, 0) is 66.9 Å². The molecule has 0 spiro atoms. The maximum Gasteiger partial charge on any atom is 0.416 e. The second-order valence-electron chi connectivity index (χ2n) is 9.89. The highest BCUT2D eigenvalue weighted by Gasteiger charge is 2.35. The fraction of sp³-hybridized carbons (Fsp3) is 0.290. The Morgan fingerprint density at radius 3 is 2.51 bits per heavy atom. The number of fused-ring (bicyclic) bond motifs is 1. The van der Waals surface area contributed by atoms with E-state index in [1.807, 2.05) is 18.2 Å². The standard InChI is InChI=1S/C31H31F3N4O4S/c1-2-3-4-5-16-37-27-14-13-25(43-17-15-21-9-11-22(12-10-21)30(41)42)19-26(27)28(29(37)40)36-38(20-39)35-24-8-6-7-23(18-24)31(32,33)34/h6-14,18-20,35H,2-5,15-17H2,1H3,(H,41,42). The number of unbranched alkanes of at least 4 members (excludes halogenated alkanes) is 3. The Balaban J connectivity index is 1.56. The predicted molar refractivity (Wildman–Crippen MR) is 160 cm³/mol. The molecule has 12 heteroatoms. The number of aromatic carboxylic acids is 1. The second kappa shape index (κ2) is 14.2. The number of hydrazone groups is 1. The third-order valence-corrected chi connectivity index (χ3v) is 7.79. The average Bonchev–Trinajstić information content (AvgIpc) is 3.24. The van der Waals surface area contributed by atoms with Gasteiger partial charge in [0.15, 0.2) is 5.71 Å². The molecule has 1 heterocycles. The van der Waals surface area contributed by atoms with Crippen LogP contribution in [0.15, 0.2) is 76.7 Å². The number of aryl methyl sites for hydroxylation is 1. The number of amides is 2. The highest BCUT2D eigenvalue weighted by atomic mass is 32.2. The van der Waals surface area contributed by atoms with Crippen molar-refractivity contribution in [1.29, 1.82) is 0 Å². The first-order valence-corrected chi connectivity index (χ1v) is 14.8. The molecule has 0 atom stereocenters. The first kappa shape index (κ1) is 31.6. The highest BCUT2D eigenvalue weighted by molar-refractivity contribution is 7.99. The van der Waals surface area contributed by atoms with E-state index in [9.17, 15) is 27.6 Å². The van der Waals surface area contributed by atoms with Gasteiger partial charge in [0.05, 0.1) is 22.5 Å². The molecule has 0 radical (unpaired) electrons. The Morgan fingerprint density at radius 1 is 1.07 bits per heavy atom. The summed E-state index contributed by atoms with van der Waals surface area (Å²) in [5.41, 5.74) is 4.01. The van der Waals surface area contributed by atoms with Crippen molar-refractivity contribution in [2.45, 2.75) is 50.1 Å². The molecule has 3 aromatic rings. The van der Waals surface area contributed by atoms with E-state index in [1.54, 1.807) is 40.9 Å². The number of nitrogens with one attached hydrogen (secondary N) is 1. The van der Waals surface area contributed by atoms with Gasteiger partial charge >= 0.3 is 12.1 Å². The zero-order chi connectivity index (χ0) is 31.0.